The summed E-state index contributed by atoms with van der Waals surface area (Å²) in [6.45, 7) is 10.9. The number of nitrogens with zero attached hydrogens (tertiary/aromatic N) is 1. The molecule has 34 heavy (non-hydrogen) atoms. The van der Waals surface area contributed by atoms with Crippen LogP contribution >= 0.6 is 0 Å². The Bertz CT molecular complexity index is 770. The minimum atomic E-state index is -0.680. The lowest BCUT2D eigenvalue weighted by Gasteiger charge is -2.33. The fourth-order valence-electron chi connectivity index (χ4n) is 5.88. The molecule has 192 valence electrons. The summed E-state index contributed by atoms with van der Waals surface area (Å²) in [6, 6.07) is -0.524. The minimum Gasteiger partial charge on any atom is -0.460 e. The molecule has 0 unspecified atom stereocenters. The summed E-state index contributed by atoms with van der Waals surface area (Å²) in [6.07, 6.45) is 6.68. The van der Waals surface area contributed by atoms with Gasteiger partial charge in [0, 0.05) is 25.5 Å². The van der Waals surface area contributed by atoms with Gasteiger partial charge in [0.2, 0.25) is 5.91 Å². The second kappa shape index (κ2) is 10.9. The van der Waals surface area contributed by atoms with Crippen LogP contribution in [0.3, 0.4) is 0 Å². The van der Waals surface area contributed by atoms with Crippen LogP contribution in [0.1, 0.15) is 86.0 Å². The zero-order valence-corrected chi connectivity index (χ0v) is 21.6. The monoisotopic (exact) mass is 477 g/mol. The normalized spacial score (nSPS) is 33.1. The number of hydrogen-bond donors (Lipinski definition) is 0. The van der Waals surface area contributed by atoms with E-state index in [0.717, 1.165) is 38.4 Å². The molecule has 3 aliphatic rings. The SMILES string of the molecule is CC(C)(C)OC(=O)C[C@H]1COCCCCCCC[C@@H](C=O)CC(=O)[C@@H]2[C@@H]3[C@H](CN2C1=O)C3(C)C. The van der Waals surface area contributed by atoms with Gasteiger partial charge >= 0.3 is 5.97 Å². The van der Waals surface area contributed by atoms with Gasteiger partial charge in [-0.2, -0.15) is 0 Å². The molecule has 0 aromatic heterocycles. The minimum absolute atomic E-state index is 0.00573. The number of esters is 1. The van der Waals surface area contributed by atoms with Gasteiger partial charge in [-0.3, -0.25) is 14.4 Å². The second-order valence-electron chi connectivity index (χ2n) is 12.1. The molecule has 3 fully saturated rings. The summed E-state index contributed by atoms with van der Waals surface area (Å²) < 4.78 is 11.3. The van der Waals surface area contributed by atoms with Crippen molar-refractivity contribution < 1.29 is 28.7 Å². The highest BCUT2D eigenvalue weighted by Crippen LogP contribution is 2.65. The Morgan fingerprint density at radius 3 is 2.50 bits per heavy atom. The Labute approximate surface area is 204 Å². The number of Topliss-reactive ketones (excluding diaryl/α,β-unsaturated/α-hetero) is 1. The highest BCUT2D eigenvalue weighted by molar-refractivity contribution is 5.93. The van der Waals surface area contributed by atoms with Gasteiger partial charge in [-0.25, -0.2) is 0 Å². The molecule has 5 atom stereocenters. The number of carbonyl (C=O) groups excluding carboxylic acids is 4. The maximum Gasteiger partial charge on any atom is 0.307 e. The largest absolute Gasteiger partial charge is 0.460 e. The number of amides is 1. The Balaban J connectivity index is 1.81. The number of hydrogen-bond acceptors (Lipinski definition) is 6. The Kier molecular flexibility index (Phi) is 8.59. The molecule has 0 spiro atoms. The van der Waals surface area contributed by atoms with Crippen LogP contribution < -0.4 is 0 Å². The first-order valence-electron chi connectivity index (χ1n) is 13.0. The van der Waals surface area contributed by atoms with Crippen molar-refractivity contribution in [2.45, 2.75) is 97.6 Å². The topological polar surface area (TPSA) is 90.0 Å². The number of fused-ring (bicyclic) bond motifs is 3. The van der Waals surface area contributed by atoms with E-state index >= 15 is 0 Å². The van der Waals surface area contributed by atoms with Crippen LogP contribution in [0.4, 0.5) is 0 Å². The predicted octanol–water partition coefficient (Wildman–Crippen LogP) is 3.96. The lowest BCUT2D eigenvalue weighted by Crippen LogP contribution is -2.49. The summed E-state index contributed by atoms with van der Waals surface area (Å²) in [5, 5.41) is 0. The molecule has 2 saturated heterocycles. The van der Waals surface area contributed by atoms with E-state index in [1.165, 1.54) is 0 Å². The van der Waals surface area contributed by atoms with Gasteiger partial charge in [0.05, 0.1) is 25.0 Å². The van der Waals surface area contributed by atoms with Gasteiger partial charge in [-0.05, 0) is 50.9 Å². The highest BCUT2D eigenvalue weighted by Gasteiger charge is 2.69. The van der Waals surface area contributed by atoms with Crippen molar-refractivity contribution in [2.24, 2.45) is 29.1 Å². The van der Waals surface area contributed by atoms with Crippen LogP contribution in [0.2, 0.25) is 0 Å². The van der Waals surface area contributed by atoms with Gasteiger partial charge in [0.15, 0.2) is 5.78 Å². The highest BCUT2D eigenvalue weighted by atomic mass is 16.6. The molecule has 1 saturated carbocycles. The lowest BCUT2D eigenvalue weighted by atomic mass is 9.89. The number of carbonyl (C=O) groups is 4. The fourth-order valence-corrected chi connectivity index (χ4v) is 5.88. The Morgan fingerprint density at radius 2 is 1.82 bits per heavy atom. The van der Waals surface area contributed by atoms with E-state index in [9.17, 15) is 19.2 Å². The van der Waals surface area contributed by atoms with Crippen molar-refractivity contribution >= 4 is 23.9 Å². The van der Waals surface area contributed by atoms with E-state index in [1.54, 1.807) is 25.7 Å². The molecule has 0 bridgehead atoms. The number of piperidine rings is 1. The van der Waals surface area contributed by atoms with Crippen LogP contribution in [0, 0.1) is 29.1 Å². The van der Waals surface area contributed by atoms with E-state index in [1.807, 2.05) is 0 Å². The summed E-state index contributed by atoms with van der Waals surface area (Å²) in [7, 11) is 0. The molecule has 7 heteroatoms. The van der Waals surface area contributed by atoms with Crippen LogP contribution in [-0.2, 0) is 28.7 Å². The Hall–Kier alpha value is -1.76. The Morgan fingerprint density at radius 1 is 1.15 bits per heavy atom. The molecule has 0 aromatic carbocycles. The van der Waals surface area contributed by atoms with Crippen molar-refractivity contribution in [3.05, 3.63) is 0 Å². The number of rotatable bonds is 3. The third-order valence-corrected chi connectivity index (χ3v) is 7.84. The summed E-state index contributed by atoms with van der Waals surface area (Å²) in [4.78, 5) is 53.2. The molecule has 2 aliphatic heterocycles. The standard InChI is InChI=1S/C27H43NO6/c1-26(2,3)34-22(31)14-19-17-33-12-10-8-6-7-9-11-18(16-29)13-21(30)24-23-20(27(23,4)5)15-28(24)25(19)32/h16,18-20,23-24H,6-15,17H2,1-5H3/t18-,19+,20+,23+,24-/m1/s1. The molecule has 2 heterocycles. The average molecular weight is 478 g/mol. The summed E-state index contributed by atoms with van der Waals surface area (Å²) in [5.74, 6) is -1.25. The second-order valence-corrected chi connectivity index (χ2v) is 12.1. The number of aldehydes is 1. The molecule has 1 amide bonds. The molecule has 7 nitrogen and oxygen atoms in total. The van der Waals surface area contributed by atoms with E-state index in [2.05, 4.69) is 13.8 Å². The molecule has 0 radical (unpaired) electrons. The van der Waals surface area contributed by atoms with E-state index in [-0.39, 0.29) is 54.3 Å². The molecular formula is C27H43NO6. The third kappa shape index (κ3) is 6.46. The number of ether oxygens (including phenoxy) is 2. The smallest absolute Gasteiger partial charge is 0.307 e. The van der Waals surface area contributed by atoms with Crippen LogP contribution in [0.5, 0.6) is 0 Å². The van der Waals surface area contributed by atoms with E-state index < -0.39 is 23.5 Å². The zero-order chi connectivity index (χ0) is 25.1. The van der Waals surface area contributed by atoms with E-state index in [4.69, 9.17) is 9.47 Å². The van der Waals surface area contributed by atoms with Crippen molar-refractivity contribution in [1.82, 2.24) is 4.90 Å². The van der Waals surface area contributed by atoms with Crippen LogP contribution in [0.25, 0.3) is 0 Å². The fraction of sp³-hybridized carbons (Fsp3) is 0.852. The third-order valence-electron chi connectivity index (χ3n) is 7.84. The first-order valence-corrected chi connectivity index (χ1v) is 13.0. The molecule has 0 N–H and O–H groups in total. The van der Waals surface area contributed by atoms with Gasteiger partial charge in [0.25, 0.3) is 0 Å². The van der Waals surface area contributed by atoms with Gasteiger partial charge in [-0.15, -0.1) is 0 Å². The summed E-state index contributed by atoms with van der Waals surface area (Å²) >= 11 is 0. The van der Waals surface area contributed by atoms with Crippen molar-refractivity contribution in [2.75, 3.05) is 19.8 Å². The summed E-state index contributed by atoms with van der Waals surface area (Å²) in [5.41, 5.74) is -0.632. The lowest BCUT2D eigenvalue weighted by molar-refractivity contribution is -0.160. The van der Waals surface area contributed by atoms with E-state index in [0.29, 0.717) is 19.6 Å². The first-order chi connectivity index (χ1) is 16.0. The number of ketones is 1. The van der Waals surface area contributed by atoms with Crippen LogP contribution in [0.15, 0.2) is 0 Å². The maximum atomic E-state index is 13.7. The molecular weight excluding hydrogens is 434 g/mol. The molecule has 3 rings (SSSR count). The van der Waals surface area contributed by atoms with Gasteiger partial charge in [0.1, 0.15) is 11.9 Å². The molecule has 0 aromatic rings. The van der Waals surface area contributed by atoms with Crippen molar-refractivity contribution in [1.29, 1.82) is 0 Å². The van der Waals surface area contributed by atoms with Gasteiger partial charge in [-0.1, -0.05) is 39.5 Å². The van der Waals surface area contributed by atoms with Crippen molar-refractivity contribution in [3.8, 4) is 0 Å². The molecule has 1 aliphatic carbocycles. The quantitative estimate of drug-likeness (QED) is 0.451. The van der Waals surface area contributed by atoms with Gasteiger partial charge < -0.3 is 19.2 Å². The maximum absolute atomic E-state index is 13.7. The average Bonchev–Trinajstić information content (AvgIpc) is 3.08. The first kappa shape index (κ1) is 26.8. The van der Waals surface area contributed by atoms with Crippen molar-refractivity contribution in [3.63, 3.8) is 0 Å². The zero-order valence-electron chi connectivity index (χ0n) is 21.6. The predicted molar refractivity (Wildman–Crippen MR) is 128 cm³/mol. The van der Waals surface area contributed by atoms with Crippen LogP contribution in [-0.4, -0.2) is 60.2 Å².